The number of Topliss-reactive ketones (excluding diaryl/α,β-unsaturated/α-hetero) is 1. The number of rotatable bonds is 4. The second-order valence-electron chi connectivity index (χ2n) is 8.43. The molecule has 2 heterocycles. The van der Waals surface area contributed by atoms with E-state index in [1.807, 2.05) is 6.07 Å². The van der Waals surface area contributed by atoms with Crippen molar-refractivity contribution in [1.82, 2.24) is 4.90 Å². The van der Waals surface area contributed by atoms with Gasteiger partial charge in [0.15, 0.2) is 23.4 Å². The molecule has 4 atom stereocenters. The molecule has 4 aliphatic rings. The Balaban J connectivity index is 1.75. The molecule has 26 heavy (non-hydrogen) atoms. The number of hydrogen-bond donors (Lipinski definition) is 1. The molecule has 2 bridgehead atoms. The van der Waals surface area contributed by atoms with Gasteiger partial charge < -0.3 is 19.5 Å². The summed E-state index contributed by atoms with van der Waals surface area (Å²) in [6.07, 6.45) is 4.56. The molecule has 0 radical (unpaired) electrons. The zero-order chi connectivity index (χ0) is 18.1. The lowest BCUT2D eigenvalue weighted by atomic mass is 9.49. The van der Waals surface area contributed by atoms with E-state index in [1.165, 1.54) is 5.56 Å². The van der Waals surface area contributed by atoms with Gasteiger partial charge in [0.25, 0.3) is 0 Å². The number of phenolic OH excluding ortho intramolecular Hbond substituents is 1. The SMILES string of the molecule is CCCCO[C@@]12CCC(=O)[C@@H]3Oc4c(O)ccc5c4[C@@]31CCN(C)[C@@H]2C5. The lowest BCUT2D eigenvalue weighted by molar-refractivity contribution is -0.210. The number of ether oxygens (including phenoxy) is 2. The third-order valence-corrected chi connectivity index (χ3v) is 7.34. The van der Waals surface area contributed by atoms with E-state index in [0.29, 0.717) is 18.8 Å². The molecule has 140 valence electrons. The summed E-state index contributed by atoms with van der Waals surface area (Å²) < 4.78 is 12.9. The van der Waals surface area contributed by atoms with Crippen molar-refractivity contribution in [2.75, 3.05) is 20.2 Å². The first-order valence-electron chi connectivity index (χ1n) is 9.94. The molecular weight excluding hydrogens is 330 g/mol. The highest BCUT2D eigenvalue weighted by Crippen LogP contribution is 2.65. The molecule has 5 heteroatoms. The number of phenols is 1. The Hall–Kier alpha value is -1.59. The summed E-state index contributed by atoms with van der Waals surface area (Å²) in [6.45, 7) is 3.81. The number of ketones is 1. The van der Waals surface area contributed by atoms with Crippen LogP contribution in [0, 0.1) is 0 Å². The number of piperidine rings is 1. The van der Waals surface area contributed by atoms with E-state index in [-0.39, 0.29) is 17.6 Å². The van der Waals surface area contributed by atoms with Crippen molar-refractivity contribution < 1.29 is 19.4 Å². The van der Waals surface area contributed by atoms with Crippen LogP contribution in [0.25, 0.3) is 0 Å². The average molecular weight is 357 g/mol. The number of likely N-dealkylation sites (N-methyl/N-ethyl adjacent to an activating group) is 1. The van der Waals surface area contributed by atoms with Crippen molar-refractivity contribution in [3.05, 3.63) is 23.3 Å². The van der Waals surface area contributed by atoms with Crippen LogP contribution in [-0.4, -0.2) is 53.7 Å². The number of unbranched alkanes of at least 4 members (excludes halogenated alkanes) is 1. The molecule has 0 unspecified atom stereocenters. The van der Waals surface area contributed by atoms with Gasteiger partial charge >= 0.3 is 0 Å². The molecule has 5 rings (SSSR count). The second-order valence-corrected chi connectivity index (χ2v) is 8.43. The van der Waals surface area contributed by atoms with Crippen LogP contribution in [0.15, 0.2) is 12.1 Å². The fraction of sp³-hybridized carbons (Fsp3) is 0.667. The Bertz CT molecular complexity index is 778. The zero-order valence-corrected chi connectivity index (χ0v) is 15.6. The number of carbonyl (C=O) groups excluding carboxylic acids is 1. The Kier molecular flexibility index (Phi) is 3.48. The lowest BCUT2D eigenvalue weighted by Crippen LogP contribution is -2.77. The highest BCUT2D eigenvalue weighted by atomic mass is 16.5. The van der Waals surface area contributed by atoms with Crippen LogP contribution in [0.2, 0.25) is 0 Å². The molecule has 1 spiro atoms. The summed E-state index contributed by atoms with van der Waals surface area (Å²) in [5.41, 5.74) is 1.42. The van der Waals surface area contributed by atoms with Gasteiger partial charge in [0.1, 0.15) is 0 Å². The first-order chi connectivity index (χ1) is 12.5. The van der Waals surface area contributed by atoms with Crippen molar-refractivity contribution in [3.8, 4) is 11.5 Å². The molecule has 0 amide bonds. The van der Waals surface area contributed by atoms with E-state index >= 15 is 0 Å². The van der Waals surface area contributed by atoms with Gasteiger partial charge in [0, 0.05) is 24.6 Å². The molecular formula is C21H27NO4. The maximum Gasteiger partial charge on any atom is 0.174 e. The van der Waals surface area contributed by atoms with Crippen molar-refractivity contribution in [3.63, 3.8) is 0 Å². The monoisotopic (exact) mass is 357 g/mol. The zero-order valence-electron chi connectivity index (χ0n) is 15.6. The molecule has 1 saturated heterocycles. The lowest BCUT2D eigenvalue weighted by Gasteiger charge is -2.64. The summed E-state index contributed by atoms with van der Waals surface area (Å²) in [5, 5.41) is 10.5. The second kappa shape index (κ2) is 5.46. The number of benzene rings is 1. The molecule has 5 nitrogen and oxygen atoms in total. The van der Waals surface area contributed by atoms with Crippen molar-refractivity contribution in [2.24, 2.45) is 0 Å². The fourth-order valence-corrected chi connectivity index (χ4v) is 6.20. The van der Waals surface area contributed by atoms with E-state index in [1.54, 1.807) is 6.07 Å². The molecule has 1 N–H and O–H groups in total. The fourth-order valence-electron chi connectivity index (χ4n) is 6.20. The minimum atomic E-state index is -0.517. The highest BCUT2D eigenvalue weighted by molar-refractivity contribution is 5.90. The predicted molar refractivity (Wildman–Crippen MR) is 96.8 cm³/mol. The predicted octanol–water partition coefficient (Wildman–Crippen LogP) is 2.57. The summed E-state index contributed by atoms with van der Waals surface area (Å²) in [5.74, 6) is 0.848. The van der Waals surface area contributed by atoms with Crippen molar-refractivity contribution >= 4 is 5.78 Å². The number of aromatic hydroxyl groups is 1. The number of carbonyl (C=O) groups is 1. The van der Waals surface area contributed by atoms with Crippen molar-refractivity contribution in [1.29, 1.82) is 0 Å². The van der Waals surface area contributed by atoms with Gasteiger partial charge in [-0.1, -0.05) is 19.4 Å². The average Bonchev–Trinajstić information content (AvgIpc) is 2.99. The van der Waals surface area contributed by atoms with Crippen LogP contribution in [0.5, 0.6) is 11.5 Å². The molecule has 2 aliphatic carbocycles. The van der Waals surface area contributed by atoms with Gasteiger partial charge in [0.05, 0.1) is 11.0 Å². The van der Waals surface area contributed by atoms with Gasteiger partial charge in [-0.25, -0.2) is 0 Å². The largest absolute Gasteiger partial charge is 0.504 e. The molecule has 0 aromatic heterocycles. The maximum atomic E-state index is 12.9. The van der Waals surface area contributed by atoms with E-state index in [0.717, 1.165) is 44.2 Å². The van der Waals surface area contributed by atoms with E-state index in [4.69, 9.17) is 9.47 Å². The normalized spacial score (nSPS) is 37.4. The minimum absolute atomic E-state index is 0.153. The Morgan fingerprint density at radius 2 is 2.23 bits per heavy atom. The van der Waals surface area contributed by atoms with Crippen LogP contribution in [0.4, 0.5) is 0 Å². The smallest absolute Gasteiger partial charge is 0.174 e. The van der Waals surface area contributed by atoms with Crippen LogP contribution >= 0.6 is 0 Å². The standard InChI is InChI=1S/C21H27NO4/c1-3-4-11-25-21-8-7-15(24)19-20(21)9-10-22(2)16(21)12-13-5-6-14(23)18(26-19)17(13)20/h5-6,16,19,23H,3-4,7-12H2,1-2H3/t16-,19+,20+,21-/m1/s1. The van der Waals surface area contributed by atoms with Crippen LogP contribution in [0.1, 0.15) is 50.2 Å². The van der Waals surface area contributed by atoms with Gasteiger partial charge in [-0.2, -0.15) is 0 Å². The third-order valence-electron chi connectivity index (χ3n) is 7.34. The van der Waals surface area contributed by atoms with Crippen LogP contribution < -0.4 is 4.74 Å². The first kappa shape index (κ1) is 16.6. The molecule has 1 aromatic rings. The van der Waals surface area contributed by atoms with Crippen molar-refractivity contribution in [2.45, 2.75) is 68.6 Å². The van der Waals surface area contributed by atoms with E-state index in [2.05, 4.69) is 18.9 Å². The molecule has 1 aromatic carbocycles. The summed E-state index contributed by atoms with van der Waals surface area (Å²) in [6, 6.07) is 3.98. The summed E-state index contributed by atoms with van der Waals surface area (Å²) >= 11 is 0. The van der Waals surface area contributed by atoms with Crippen LogP contribution in [0.3, 0.4) is 0 Å². The molecule has 2 aliphatic heterocycles. The topological polar surface area (TPSA) is 59.0 Å². The highest BCUT2D eigenvalue weighted by Gasteiger charge is 2.73. The van der Waals surface area contributed by atoms with Crippen LogP contribution in [-0.2, 0) is 21.4 Å². The first-order valence-corrected chi connectivity index (χ1v) is 9.94. The molecule has 1 saturated carbocycles. The number of likely N-dealkylation sites (tertiary alicyclic amines) is 1. The van der Waals surface area contributed by atoms with Gasteiger partial charge in [-0.15, -0.1) is 0 Å². The summed E-state index contributed by atoms with van der Waals surface area (Å²) in [7, 11) is 2.18. The minimum Gasteiger partial charge on any atom is -0.504 e. The van der Waals surface area contributed by atoms with E-state index < -0.39 is 17.1 Å². The van der Waals surface area contributed by atoms with Gasteiger partial charge in [-0.3, -0.25) is 4.79 Å². The summed E-state index contributed by atoms with van der Waals surface area (Å²) in [4.78, 5) is 15.3. The molecule has 2 fully saturated rings. The van der Waals surface area contributed by atoms with Gasteiger partial charge in [0.2, 0.25) is 0 Å². The third kappa shape index (κ3) is 1.76. The number of nitrogens with zero attached hydrogens (tertiary/aromatic N) is 1. The Morgan fingerprint density at radius 1 is 1.38 bits per heavy atom. The van der Waals surface area contributed by atoms with E-state index in [9.17, 15) is 9.90 Å². The maximum absolute atomic E-state index is 12.9. The quantitative estimate of drug-likeness (QED) is 0.840. The number of hydrogen-bond acceptors (Lipinski definition) is 5. The van der Waals surface area contributed by atoms with Gasteiger partial charge in [-0.05, 0) is 50.9 Å². The Morgan fingerprint density at radius 3 is 3.04 bits per heavy atom. The Labute approximate surface area is 154 Å².